The third-order valence-electron chi connectivity index (χ3n) is 14.2. The second-order valence-electron chi connectivity index (χ2n) is 19.8. The number of amides is 1. The number of hydrogen-bond donors (Lipinski definition) is 1. The Bertz CT molecular complexity index is 2540. The number of nitrogens with one attached hydrogen (secondary N) is 1. The predicted molar refractivity (Wildman–Crippen MR) is 266 cm³/mol. The van der Waals surface area contributed by atoms with Gasteiger partial charge in [-0.25, -0.2) is 0 Å². The number of hydrogen-bond acceptors (Lipinski definition) is 13. The van der Waals surface area contributed by atoms with E-state index in [0.717, 1.165) is 20.9 Å². The fourth-order valence-electron chi connectivity index (χ4n) is 10.4. The summed E-state index contributed by atoms with van der Waals surface area (Å²) in [6.45, 7) is 14.0. The maximum absolute atomic E-state index is 15.9. The summed E-state index contributed by atoms with van der Waals surface area (Å²) in [5, 5.41) is 3.83. The third-order valence-corrected chi connectivity index (χ3v) is 16.9. The van der Waals surface area contributed by atoms with Crippen LogP contribution in [0.4, 0.5) is 4.79 Å². The fraction of sp³-hybridized carbons (Fsp3) is 0.491. The van der Waals surface area contributed by atoms with Crippen molar-refractivity contribution in [2.24, 2.45) is 17.8 Å². The summed E-state index contributed by atoms with van der Waals surface area (Å²) in [5.74, 6) is -4.80. The molecule has 7 rings (SSSR count). The van der Waals surface area contributed by atoms with Crippen molar-refractivity contribution >= 4 is 66.0 Å². The molecule has 1 amide bonds. The van der Waals surface area contributed by atoms with Gasteiger partial charge in [0.05, 0.1) is 5.52 Å². The van der Waals surface area contributed by atoms with Gasteiger partial charge in [0.15, 0.2) is 0 Å². The molecule has 13 atom stereocenters. The van der Waals surface area contributed by atoms with Crippen LogP contribution in [-0.4, -0.2) is 129 Å². The molecule has 3 aliphatic heterocycles. The number of benzene rings is 3. The van der Waals surface area contributed by atoms with Crippen molar-refractivity contribution in [3.63, 3.8) is 0 Å². The van der Waals surface area contributed by atoms with Crippen LogP contribution < -0.4 is 9.78 Å². The van der Waals surface area contributed by atoms with Gasteiger partial charge in [0.25, 0.3) is 0 Å². The Morgan fingerprint density at radius 3 is 2.27 bits per heavy atom. The van der Waals surface area contributed by atoms with Gasteiger partial charge in [-0.3, -0.25) is 0 Å². The molecule has 0 spiro atoms. The fourth-order valence-corrected chi connectivity index (χ4v) is 12.9. The number of aromatic nitrogens is 1. The topological polar surface area (TPSA) is 169 Å². The van der Waals surface area contributed by atoms with Crippen molar-refractivity contribution in [1.82, 2.24) is 15.2 Å². The summed E-state index contributed by atoms with van der Waals surface area (Å²) in [4.78, 5) is 79.7. The zero-order valence-electron chi connectivity index (χ0n) is 41.8. The summed E-state index contributed by atoms with van der Waals surface area (Å²) >= 11 is -0.856. The normalized spacial score (nSPS) is 33.3. The second kappa shape index (κ2) is 22.0. The molecule has 0 aliphatic carbocycles. The first-order valence-electron chi connectivity index (χ1n) is 24.2. The van der Waals surface area contributed by atoms with Crippen LogP contribution >= 0.6 is 0 Å². The quantitative estimate of drug-likeness (QED) is 0.0640. The molecule has 70 heavy (non-hydrogen) atoms. The monoisotopic (exact) mass is 1030 g/mol. The van der Waals surface area contributed by atoms with Crippen molar-refractivity contribution in [1.29, 1.82) is 0 Å². The van der Waals surface area contributed by atoms with E-state index in [1.54, 1.807) is 72.0 Å². The standard InChI is InChI=1S/C55H67N3O11Se/c1-11-43-54(7)46(57-52(63)69-54)35(4)44(59)33(2)31-53(6,64-28-20-21-37-30-39-24-18-19-27-41(39)56-32-37)48(36(5)47(60)55(8,51(62)66-43)70-40-25-16-13-17-26-40)68-50-45(42(58(9)10)29-34(3)65-50)67-49(61)38-22-14-12-15-23-38/h12-27,30,32-36,42-43,45-46,48,50H,11,28-29,31H2,1-10H3,(H,57,63)/b21-20+/t33-,34-,35+,36+,42+,43-,45-,46-,48-,50+,53+,54-,55+/m1/s1. The van der Waals surface area contributed by atoms with Gasteiger partial charge < -0.3 is 0 Å². The van der Waals surface area contributed by atoms with Crippen LogP contribution in [0.5, 0.6) is 0 Å². The Hall–Kier alpha value is -5.28. The Morgan fingerprint density at radius 1 is 0.914 bits per heavy atom. The molecule has 3 aromatic carbocycles. The van der Waals surface area contributed by atoms with Gasteiger partial charge in [-0.1, -0.05) is 24.3 Å². The number of carbonyl (C=O) groups excluding carboxylic acids is 5. The number of nitrogens with zero attached hydrogens (tertiary/aromatic N) is 2. The number of esters is 2. The summed E-state index contributed by atoms with van der Waals surface area (Å²) < 4.78 is 38.6. The molecule has 3 saturated heterocycles. The number of likely N-dealkylation sites (N-methyl/N-ethyl adjacent to an activating group) is 1. The molecule has 15 heteroatoms. The number of rotatable bonds is 12. The molecule has 374 valence electrons. The Balaban J connectivity index is 1.37. The molecular formula is C55H67N3O11Se. The van der Waals surface area contributed by atoms with Crippen LogP contribution in [0, 0.1) is 17.8 Å². The molecule has 1 aromatic heterocycles. The molecule has 1 N–H and O–H groups in total. The first kappa shape index (κ1) is 52.5. The van der Waals surface area contributed by atoms with E-state index >= 15 is 9.59 Å². The van der Waals surface area contributed by atoms with Crippen LogP contribution in [0.3, 0.4) is 0 Å². The van der Waals surface area contributed by atoms with E-state index in [1.165, 1.54) is 0 Å². The van der Waals surface area contributed by atoms with Gasteiger partial charge >= 0.3 is 384 Å². The van der Waals surface area contributed by atoms with E-state index in [-0.39, 0.29) is 37.4 Å². The number of Topliss-reactive ketones (excluding diaryl/α,β-unsaturated/α-hetero) is 2. The minimum absolute atomic E-state index is 0.00523. The van der Waals surface area contributed by atoms with E-state index in [0.29, 0.717) is 12.0 Å². The van der Waals surface area contributed by atoms with Crippen molar-refractivity contribution < 1.29 is 52.4 Å². The number of alkyl carbamates (subject to hydrolysis) is 1. The molecule has 3 aliphatic rings. The van der Waals surface area contributed by atoms with E-state index in [9.17, 15) is 14.4 Å². The summed E-state index contributed by atoms with van der Waals surface area (Å²) in [7, 11) is 3.79. The molecule has 4 aromatic rings. The molecule has 0 radical (unpaired) electrons. The van der Waals surface area contributed by atoms with Gasteiger partial charge in [0.2, 0.25) is 0 Å². The van der Waals surface area contributed by atoms with Crippen LogP contribution in [0.15, 0.2) is 103 Å². The average Bonchev–Trinajstić information content (AvgIpc) is 3.66. The van der Waals surface area contributed by atoms with E-state index in [4.69, 9.17) is 28.4 Å². The van der Waals surface area contributed by atoms with Gasteiger partial charge in [-0.15, -0.1) is 0 Å². The van der Waals surface area contributed by atoms with E-state index < -0.39 is 103 Å². The minimum atomic E-state index is -1.78. The Morgan fingerprint density at radius 2 is 1.59 bits per heavy atom. The molecule has 4 heterocycles. The van der Waals surface area contributed by atoms with Crippen molar-refractivity contribution in [2.45, 2.75) is 133 Å². The number of cyclic esters (lactones) is 1. The average molecular weight is 1030 g/mol. The first-order valence-corrected chi connectivity index (χ1v) is 25.9. The Kier molecular flexibility index (Phi) is 16.5. The van der Waals surface area contributed by atoms with E-state index in [1.807, 2.05) is 112 Å². The van der Waals surface area contributed by atoms with Crippen LogP contribution in [0.2, 0.25) is 4.31 Å². The Labute approximate surface area is 417 Å². The van der Waals surface area contributed by atoms with Crippen LogP contribution in [-0.2, 0) is 42.8 Å². The molecule has 0 bridgehead atoms. The molecule has 0 unspecified atom stereocenters. The number of ketones is 2. The zero-order chi connectivity index (χ0) is 50.5. The van der Waals surface area contributed by atoms with Crippen molar-refractivity contribution in [2.75, 3.05) is 20.7 Å². The second-order valence-corrected chi connectivity index (χ2v) is 22.9. The van der Waals surface area contributed by atoms with Gasteiger partial charge in [0.1, 0.15) is 0 Å². The van der Waals surface area contributed by atoms with Gasteiger partial charge in [-0.05, 0) is 6.07 Å². The van der Waals surface area contributed by atoms with Crippen molar-refractivity contribution in [3.05, 3.63) is 114 Å². The summed E-state index contributed by atoms with van der Waals surface area (Å²) in [5.41, 5.74) is -0.919. The number of ether oxygens (including phenoxy) is 6. The van der Waals surface area contributed by atoms with Crippen LogP contribution in [0.1, 0.15) is 90.6 Å². The van der Waals surface area contributed by atoms with Crippen LogP contribution in [0.25, 0.3) is 17.0 Å². The summed E-state index contributed by atoms with van der Waals surface area (Å²) in [6, 6.07) is 26.5. The molecular weight excluding hydrogens is 958 g/mol. The number of para-hydroxylation sites is 1. The summed E-state index contributed by atoms with van der Waals surface area (Å²) in [6.07, 6.45) is 0.602. The first-order chi connectivity index (χ1) is 33.3. The molecule has 14 nitrogen and oxygen atoms in total. The van der Waals surface area contributed by atoms with E-state index in [2.05, 4.69) is 10.3 Å². The van der Waals surface area contributed by atoms with Gasteiger partial charge in [-0.2, -0.15) is 0 Å². The number of carbonyl (C=O) groups is 5. The molecule has 0 saturated carbocycles. The van der Waals surface area contributed by atoms with Gasteiger partial charge in [0, 0.05) is 0 Å². The SMILES string of the molecule is CC[C@H]1OC(=O)[C@@](C)([Se]c2ccccc2)C(=O)[C@H](C)[C@@H](O[C@@H]2O[C@H](C)C[C@H](N(C)C)[C@H]2OC(=O)c2ccccc2)[C@@](C)(OC/C=C/c2cnc3ccccc3c2)C[C@@H](C)C(=O)[C@H](C)[C@H]2NC(=O)O[C@@]21C. The third kappa shape index (κ3) is 11.3. The van der Waals surface area contributed by atoms with Crippen molar-refractivity contribution in [3.8, 4) is 0 Å². The number of pyridine rings is 1. The molecule has 3 fully saturated rings. The maximum atomic E-state index is 15.9. The predicted octanol–water partition coefficient (Wildman–Crippen LogP) is 7.55. The number of fused-ring (bicyclic) bond motifs is 2. The zero-order valence-corrected chi connectivity index (χ0v) is 43.5.